The molecule has 0 bridgehead atoms. The Balaban J connectivity index is 1.77. The van der Waals surface area contributed by atoms with Crippen LogP contribution in [0, 0.1) is 12.7 Å². The van der Waals surface area contributed by atoms with Crippen molar-refractivity contribution in [2.75, 3.05) is 5.32 Å². The number of benzene rings is 2. The Labute approximate surface area is 140 Å². The van der Waals surface area contributed by atoms with E-state index in [0.29, 0.717) is 0 Å². The van der Waals surface area contributed by atoms with Gasteiger partial charge in [-0.15, -0.1) is 0 Å². The van der Waals surface area contributed by atoms with Gasteiger partial charge in [-0.2, -0.15) is 0 Å². The third-order valence-corrected chi connectivity index (χ3v) is 3.96. The van der Waals surface area contributed by atoms with Crippen LogP contribution in [0.2, 0.25) is 0 Å². The number of nitrogens with zero attached hydrogens (tertiary/aromatic N) is 1. The lowest BCUT2D eigenvalue weighted by Gasteiger charge is -2.19. The molecular formula is C20H19FN2O. The van der Waals surface area contributed by atoms with Gasteiger partial charge in [0.05, 0.1) is 12.5 Å². The summed E-state index contributed by atoms with van der Waals surface area (Å²) >= 11 is 0. The molecule has 3 rings (SSSR count). The Morgan fingerprint density at radius 1 is 1.04 bits per heavy atom. The lowest BCUT2D eigenvalue weighted by atomic mass is 10.0. The van der Waals surface area contributed by atoms with Crippen molar-refractivity contribution in [1.29, 1.82) is 0 Å². The number of halogens is 1. The predicted molar refractivity (Wildman–Crippen MR) is 93.4 cm³/mol. The van der Waals surface area contributed by atoms with Gasteiger partial charge in [-0.3, -0.25) is 4.79 Å². The van der Waals surface area contributed by atoms with E-state index in [9.17, 15) is 9.18 Å². The maximum atomic E-state index is 13.2. The van der Waals surface area contributed by atoms with Crippen LogP contribution < -0.4 is 5.32 Å². The van der Waals surface area contributed by atoms with Crippen molar-refractivity contribution in [2.24, 2.45) is 0 Å². The van der Waals surface area contributed by atoms with E-state index in [2.05, 4.69) is 5.32 Å². The van der Waals surface area contributed by atoms with E-state index in [4.69, 9.17) is 0 Å². The fourth-order valence-corrected chi connectivity index (χ4v) is 2.66. The molecule has 1 heterocycles. The van der Waals surface area contributed by atoms with Crippen molar-refractivity contribution < 1.29 is 9.18 Å². The summed E-state index contributed by atoms with van der Waals surface area (Å²) < 4.78 is 15.1. The fraction of sp³-hybridized carbons (Fsp3) is 0.150. The first-order valence-electron chi connectivity index (χ1n) is 7.86. The number of aryl methyl sites for hydroxylation is 1. The van der Waals surface area contributed by atoms with Crippen molar-refractivity contribution in [2.45, 2.75) is 19.4 Å². The number of carbonyl (C=O) groups is 1. The third-order valence-electron chi connectivity index (χ3n) is 3.96. The van der Waals surface area contributed by atoms with Gasteiger partial charge < -0.3 is 9.88 Å². The quantitative estimate of drug-likeness (QED) is 0.734. The molecule has 0 aliphatic heterocycles. The summed E-state index contributed by atoms with van der Waals surface area (Å²) in [5.74, 6) is -0.365. The van der Waals surface area contributed by atoms with Gasteiger partial charge in [0, 0.05) is 18.1 Å². The summed E-state index contributed by atoms with van der Waals surface area (Å²) in [7, 11) is 0. The van der Waals surface area contributed by atoms with Crippen molar-refractivity contribution in [3.8, 4) is 0 Å². The molecule has 0 saturated heterocycles. The molecule has 4 heteroatoms. The highest BCUT2D eigenvalue weighted by atomic mass is 19.1. The molecule has 0 aliphatic rings. The number of rotatable bonds is 5. The van der Waals surface area contributed by atoms with Gasteiger partial charge in [-0.1, -0.05) is 29.8 Å². The maximum Gasteiger partial charge on any atom is 0.226 e. The van der Waals surface area contributed by atoms with Crippen LogP contribution >= 0.6 is 0 Å². The number of hydrogen-bond donors (Lipinski definition) is 1. The largest absolute Gasteiger partial charge is 0.346 e. The minimum Gasteiger partial charge on any atom is -0.346 e. The van der Waals surface area contributed by atoms with Crippen LogP contribution in [0.25, 0.3) is 0 Å². The Kier molecular flexibility index (Phi) is 4.75. The fourth-order valence-electron chi connectivity index (χ4n) is 2.66. The van der Waals surface area contributed by atoms with E-state index in [1.807, 2.05) is 60.3 Å². The number of amides is 1. The summed E-state index contributed by atoms with van der Waals surface area (Å²) in [4.78, 5) is 12.4. The zero-order valence-electron chi connectivity index (χ0n) is 13.4. The van der Waals surface area contributed by atoms with Crippen molar-refractivity contribution in [3.63, 3.8) is 0 Å². The zero-order valence-corrected chi connectivity index (χ0v) is 13.4. The van der Waals surface area contributed by atoms with Crippen LogP contribution in [0.5, 0.6) is 0 Å². The number of aromatic nitrogens is 1. The molecule has 122 valence electrons. The first-order chi connectivity index (χ1) is 11.6. The van der Waals surface area contributed by atoms with Crippen LogP contribution in [0.15, 0.2) is 73.1 Å². The van der Waals surface area contributed by atoms with Crippen molar-refractivity contribution in [3.05, 3.63) is 90.0 Å². The highest BCUT2D eigenvalue weighted by Crippen LogP contribution is 2.23. The summed E-state index contributed by atoms with van der Waals surface area (Å²) in [6.45, 7) is 2.00. The zero-order chi connectivity index (χ0) is 16.9. The summed E-state index contributed by atoms with van der Waals surface area (Å²) in [6, 6.07) is 17.6. The molecule has 1 atom stereocenters. The minimum atomic E-state index is -0.283. The normalized spacial score (nSPS) is 11.9. The smallest absolute Gasteiger partial charge is 0.226 e. The highest BCUT2D eigenvalue weighted by Gasteiger charge is 2.17. The molecule has 0 radical (unpaired) electrons. The molecule has 0 fully saturated rings. The molecule has 24 heavy (non-hydrogen) atoms. The van der Waals surface area contributed by atoms with E-state index in [-0.39, 0.29) is 24.2 Å². The van der Waals surface area contributed by atoms with Gasteiger partial charge in [-0.25, -0.2) is 4.39 Å². The first-order valence-corrected chi connectivity index (χ1v) is 7.86. The summed E-state index contributed by atoms with van der Waals surface area (Å²) in [5.41, 5.74) is 2.81. The lowest BCUT2D eigenvalue weighted by molar-refractivity contribution is -0.116. The molecule has 1 aromatic heterocycles. The van der Waals surface area contributed by atoms with Crippen LogP contribution in [0.1, 0.15) is 23.6 Å². The Bertz CT molecular complexity index is 793. The average Bonchev–Trinajstić information content (AvgIpc) is 3.10. The molecule has 2 aromatic carbocycles. The van der Waals surface area contributed by atoms with E-state index < -0.39 is 0 Å². The second kappa shape index (κ2) is 7.13. The van der Waals surface area contributed by atoms with Crippen molar-refractivity contribution in [1.82, 2.24) is 4.57 Å². The Hall–Kier alpha value is -2.88. The van der Waals surface area contributed by atoms with Crippen LogP contribution in [-0.4, -0.2) is 10.5 Å². The Morgan fingerprint density at radius 3 is 2.29 bits per heavy atom. The second-order valence-electron chi connectivity index (χ2n) is 5.82. The van der Waals surface area contributed by atoms with Crippen LogP contribution in [0.3, 0.4) is 0 Å². The second-order valence-corrected chi connectivity index (χ2v) is 5.82. The maximum absolute atomic E-state index is 13.2. The third kappa shape index (κ3) is 3.90. The summed E-state index contributed by atoms with van der Waals surface area (Å²) in [6.07, 6.45) is 4.09. The molecule has 0 saturated carbocycles. The van der Waals surface area contributed by atoms with E-state index in [0.717, 1.165) is 16.8 Å². The van der Waals surface area contributed by atoms with Crippen molar-refractivity contribution >= 4 is 11.6 Å². The van der Waals surface area contributed by atoms with Gasteiger partial charge in [0.2, 0.25) is 5.91 Å². The average molecular weight is 322 g/mol. The van der Waals surface area contributed by atoms with Gasteiger partial charge in [0.1, 0.15) is 5.82 Å². The van der Waals surface area contributed by atoms with Crippen LogP contribution in [0.4, 0.5) is 10.1 Å². The lowest BCUT2D eigenvalue weighted by Crippen LogP contribution is -2.19. The standard InChI is InChI=1S/C20H19FN2O/c1-15-4-10-18(11-5-15)22-20(24)14-19(23-12-2-3-13-23)16-6-8-17(21)9-7-16/h2-13,19H,14H2,1H3,(H,22,24)/t19-/m0/s1. The topological polar surface area (TPSA) is 34.0 Å². The van der Waals surface area contributed by atoms with Gasteiger partial charge >= 0.3 is 0 Å². The number of anilines is 1. The van der Waals surface area contributed by atoms with E-state index >= 15 is 0 Å². The predicted octanol–water partition coefficient (Wildman–Crippen LogP) is 4.55. The van der Waals surface area contributed by atoms with Crippen LogP contribution in [-0.2, 0) is 4.79 Å². The first kappa shape index (κ1) is 16.0. The minimum absolute atomic E-state index is 0.0816. The molecule has 1 amide bonds. The molecule has 0 aliphatic carbocycles. The Morgan fingerprint density at radius 2 is 1.67 bits per heavy atom. The summed E-state index contributed by atoms with van der Waals surface area (Å²) in [5, 5.41) is 2.92. The molecule has 3 nitrogen and oxygen atoms in total. The monoisotopic (exact) mass is 322 g/mol. The SMILES string of the molecule is Cc1ccc(NC(=O)C[C@@H](c2ccc(F)cc2)n2cccc2)cc1. The van der Waals surface area contributed by atoms with E-state index in [1.54, 1.807) is 12.1 Å². The van der Waals surface area contributed by atoms with Gasteiger partial charge in [-0.05, 0) is 48.9 Å². The number of hydrogen-bond acceptors (Lipinski definition) is 1. The molecule has 1 N–H and O–H groups in total. The molecule has 0 unspecified atom stereocenters. The molecule has 3 aromatic rings. The highest BCUT2D eigenvalue weighted by molar-refractivity contribution is 5.91. The van der Waals surface area contributed by atoms with E-state index in [1.165, 1.54) is 12.1 Å². The molecule has 0 spiro atoms. The number of nitrogens with one attached hydrogen (secondary N) is 1. The van der Waals surface area contributed by atoms with Gasteiger partial charge in [0.25, 0.3) is 0 Å². The van der Waals surface area contributed by atoms with Gasteiger partial charge in [0.15, 0.2) is 0 Å². The number of carbonyl (C=O) groups excluding carboxylic acids is 1. The molecular weight excluding hydrogens is 303 g/mol.